The first-order valence-corrected chi connectivity index (χ1v) is 8.22. The normalized spacial score (nSPS) is 22.1. The van der Waals surface area contributed by atoms with E-state index >= 15 is 0 Å². The molecule has 0 amide bonds. The monoisotopic (exact) mass is 358 g/mol. The molecule has 1 aromatic rings. The van der Waals surface area contributed by atoms with Crippen LogP contribution < -0.4 is 9.47 Å². The number of aliphatic hydroxyl groups is 1. The Labute approximate surface area is 134 Å². The third-order valence-electron chi connectivity index (χ3n) is 3.75. The molecule has 2 rings (SSSR count). The SMILES string of the molecule is CCOc1cc(CO)cc(Br)c1OC1CCCC(OC)C1. The molecule has 4 nitrogen and oxygen atoms in total. The van der Waals surface area contributed by atoms with Crippen LogP contribution in [-0.4, -0.2) is 31.0 Å². The summed E-state index contributed by atoms with van der Waals surface area (Å²) in [6, 6.07) is 3.70. The van der Waals surface area contributed by atoms with Gasteiger partial charge in [-0.3, -0.25) is 0 Å². The van der Waals surface area contributed by atoms with Crippen LogP contribution in [0.1, 0.15) is 38.2 Å². The maximum Gasteiger partial charge on any atom is 0.175 e. The predicted molar refractivity (Wildman–Crippen MR) is 84.9 cm³/mol. The second-order valence-corrected chi connectivity index (χ2v) is 6.11. The van der Waals surface area contributed by atoms with Gasteiger partial charge in [-0.05, 0) is 59.8 Å². The highest BCUT2D eigenvalue weighted by Gasteiger charge is 2.25. The van der Waals surface area contributed by atoms with Crippen molar-refractivity contribution in [3.8, 4) is 11.5 Å². The van der Waals surface area contributed by atoms with E-state index in [1.807, 2.05) is 19.1 Å². The number of halogens is 1. The zero-order chi connectivity index (χ0) is 15.2. The molecular weight excluding hydrogens is 336 g/mol. The fourth-order valence-corrected chi connectivity index (χ4v) is 3.26. The summed E-state index contributed by atoms with van der Waals surface area (Å²) in [7, 11) is 1.75. The van der Waals surface area contributed by atoms with Gasteiger partial charge in [0.2, 0.25) is 0 Å². The first-order valence-electron chi connectivity index (χ1n) is 7.43. The van der Waals surface area contributed by atoms with Crippen LogP contribution in [0.2, 0.25) is 0 Å². The van der Waals surface area contributed by atoms with Crippen LogP contribution in [0.15, 0.2) is 16.6 Å². The van der Waals surface area contributed by atoms with Crippen molar-refractivity contribution in [2.45, 2.75) is 51.4 Å². The molecule has 2 unspecified atom stereocenters. The number of benzene rings is 1. The van der Waals surface area contributed by atoms with Gasteiger partial charge >= 0.3 is 0 Å². The molecule has 0 spiro atoms. The van der Waals surface area contributed by atoms with Crippen molar-refractivity contribution in [3.05, 3.63) is 22.2 Å². The van der Waals surface area contributed by atoms with E-state index in [-0.39, 0.29) is 18.8 Å². The fraction of sp³-hybridized carbons (Fsp3) is 0.625. The maximum absolute atomic E-state index is 9.30. The Bertz CT molecular complexity index is 464. The van der Waals surface area contributed by atoms with Gasteiger partial charge in [-0.25, -0.2) is 0 Å². The molecule has 0 aliphatic heterocycles. The lowest BCUT2D eigenvalue weighted by atomic mass is 9.95. The smallest absolute Gasteiger partial charge is 0.175 e. The summed E-state index contributed by atoms with van der Waals surface area (Å²) in [5.41, 5.74) is 0.802. The van der Waals surface area contributed by atoms with Crippen molar-refractivity contribution in [1.82, 2.24) is 0 Å². The lowest BCUT2D eigenvalue weighted by Gasteiger charge is -2.29. The van der Waals surface area contributed by atoms with E-state index in [0.29, 0.717) is 12.4 Å². The molecule has 5 heteroatoms. The van der Waals surface area contributed by atoms with Gasteiger partial charge in [0, 0.05) is 13.5 Å². The summed E-state index contributed by atoms with van der Waals surface area (Å²) < 4.78 is 18.1. The quantitative estimate of drug-likeness (QED) is 0.842. The maximum atomic E-state index is 9.30. The molecule has 0 saturated heterocycles. The van der Waals surface area contributed by atoms with E-state index in [2.05, 4.69) is 15.9 Å². The van der Waals surface area contributed by atoms with E-state index in [1.165, 1.54) is 0 Å². The Hall–Kier alpha value is -0.780. The highest BCUT2D eigenvalue weighted by atomic mass is 79.9. The molecule has 1 aliphatic carbocycles. The van der Waals surface area contributed by atoms with E-state index in [4.69, 9.17) is 14.2 Å². The standard InChI is InChI=1S/C16H23BrO4/c1-3-20-15-8-11(10-18)7-14(17)16(15)21-13-6-4-5-12(9-13)19-2/h7-8,12-13,18H,3-6,9-10H2,1-2H3. The van der Waals surface area contributed by atoms with Gasteiger partial charge < -0.3 is 19.3 Å². The number of hydrogen-bond donors (Lipinski definition) is 1. The Morgan fingerprint density at radius 3 is 2.71 bits per heavy atom. The van der Waals surface area contributed by atoms with Crippen LogP contribution in [-0.2, 0) is 11.3 Å². The summed E-state index contributed by atoms with van der Waals surface area (Å²) in [5, 5.41) is 9.30. The van der Waals surface area contributed by atoms with Crippen LogP contribution in [0.5, 0.6) is 11.5 Å². The molecule has 2 atom stereocenters. The summed E-state index contributed by atoms with van der Waals surface area (Å²) in [5.74, 6) is 1.39. The molecule has 21 heavy (non-hydrogen) atoms. The number of aliphatic hydroxyl groups excluding tert-OH is 1. The number of hydrogen-bond acceptors (Lipinski definition) is 4. The van der Waals surface area contributed by atoms with Gasteiger partial charge in [0.05, 0.1) is 23.8 Å². The summed E-state index contributed by atoms with van der Waals surface area (Å²) >= 11 is 3.52. The average Bonchev–Trinajstić information content (AvgIpc) is 2.50. The Morgan fingerprint density at radius 2 is 2.05 bits per heavy atom. The van der Waals surface area contributed by atoms with Gasteiger partial charge in [0.15, 0.2) is 11.5 Å². The molecule has 1 N–H and O–H groups in total. The van der Waals surface area contributed by atoms with Gasteiger partial charge in [0.1, 0.15) is 6.10 Å². The minimum atomic E-state index is -0.0197. The molecule has 118 valence electrons. The van der Waals surface area contributed by atoms with Crippen molar-refractivity contribution in [2.75, 3.05) is 13.7 Å². The van der Waals surface area contributed by atoms with Crippen LogP contribution in [0, 0.1) is 0 Å². The molecule has 1 aliphatic rings. The third kappa shape index (κ3) is 4.34. The summed E-state index contributed by atoms with van der Waals surface area (Å²) in [6.07, 6.45) is 4.54. The second kappa shape index (κ2) is 8.01. The highest BCUT2D eigenvalue weighted by molar-refractivity contribution is 9.10. The van der Waals surface area contributed by atoms with E-state index < -0.39 is 0 Å². The molecule has 0 heterocycles. The molecule has 0 aromatic heterocycles. The topological polar surface area (TPSA) is 47.9 Å². The molecular formula is C16H23BrO4. The second-order valence-electron chi connectivity index (χ2n) is 5.26. The van der Waals surface area contributed by atoms with Gasteiger partial charge in [0.25, 0.3) is 0 Å². The first kappa shape index (κ1) is 16.6. The molecule has 0 radical (unpaired) electrons. The van der Waals surface area contributed by atoms with Crippen LogP contribution >= 0.6 is 15.9 Å². The fourth-order valence-electron chi connectivity index (χ4n) is 2.68. The van der Waals surface area contributed by atoms with E-state index in [9.17, 15) is 5.11 Å². The van der Waals surface area contributed by atoms with Crippen molar-refractivity contribution < 1.29 is 19.3 Å². The zero-order valence-electron chi connectivity index (χ0n) is 12.6. The zero-order valence-corrected chi connectivity index (χ0v) is 14.2. The summed E-state index contributed by atoms with van der Waals surface area (Å²) in [6.45, 7) is 2.47. The largest absolute Gasteiger partial charge is 0.490 e. The molecule has 0 bridgehead atoms. The lowest BCUT2D eigenvalue weighted by molar-refractivity contribution is 0.0197. The minimum Gasteiger partial charge on any atom is -0.490 e. The summed E-state index contributed by atoms with van der Waals surface area (Å²) in [4.78, 5) is 0. The van der Waals surface area contributed by atoms with Crippen LogP contribution in [0.4, 0.5) is 0 Å². The molecule has 1 fully saturated rings. The Balaban J connectivity index is 2.17. The van der Waals surface area contributed by atoms with Gasteiger partial charge in [-0.1, -0.05) is 0 Å². The van der Waals surface area contributed by atoms with Crippen molar-refractivity contribution in [1.29, 1.82) is 0 Å². The number of methoxy groups -OCH3 is 1. The van der Waals surface area contributed by atoms with E-state index in [1.54, 1.807) is 7.11 Å². The van der Waals surface area contributed by atoms with Crippen molar-refractivity contribution >= 4 is 15.9 Å². The minimum absolute atomic E-state index is 0.0197. The van der Waals surface area contributed by atoms with Gasteiger partial charge in [-0.2, -0.15) is 0 Å². The third-order valence-corrected chi connectivity index (χ3v) is 4.34. The predicted octanol–water partition coefficient (Wildman–Crippen LogP) is 3.68. The van der Waals surface area contributed by atoms with Crippen LogP contribution in [0.25, 0.3) is 0 Å². The first-order chi connectivity index (χ1) is 10.2. The van der Waals surface area contributed by atoms with Crippen molar-refractivity contribution in [3.63, 3.8) is 0 Å². The van der Waals surface area contributed by atoms with Gasteiger partial charge in [-0.15, -0.1) is 0 Å². The Kier molecular flexibility index (Phi) is 6.33. The lowest BCUT2D eigenvalue weighted by Crippen LogP contribution is -2.29. The Morgan fingerprint density at radius 1 is 1.29 bits per heavy atom. The molecule has 1 aromatic carbocycles. The average molecular weight is 359 g/mol. The molecule has 1 saturated carbocycles. The number of rotatable bonds is 6. The van der Waals surface area contributed by atoms with Crippen molar-refractivity contribution in [2.24, 2.45) is 0 Å². The number of ether oxygens (including phenoxy) is 3. The van der Waals surface area contributed by atoms with E-state index in [0.717, 1.165) is 41.5 Å². The highest BCUT2D eigenvalue weighted by Crippen LogP contribution is 2.39. The van der Waals surface area contributed by atoms with Crippen LogP contribution in [0.3, 0.4) is 0 Å².